The molecule has 3 rings (SSSR count). The zero-order valence-corrected chi connectivity index (χ0v) is 12.5. The molecule has 5 nitrogen and oxygen atoms in total. The van der Waals surface area contributed by atoms with Gasteiger partial charge in [0.15, 0.2) is 5.75 Å². The Balaban J connectivity index is 1.77. The summed E-state index contributed by atoms with van der Waals surface area (Å²) in [5, 5.41) is 2.51. The molecule has 0 saturated carbocycles. The minimum absolute atomic E-state index is 0.0270. The van der Waals surface area contributed by atoms with Crippen LogP contribution >= 0.6 is 0 Å². The number of carbonyl (C=O) groups excluding carboxylic acids is 2. The minimum Gasteiger partial charge on any atom is -0.423 e. The van der Waals surface area contributed by atoms with Gasteiger partial charge in [-0.2, -0.15) is 0 Å². The summed E-state index contributed by atoms with van der Waals surface area (Å²) in [7, 11) is 0. The summed E-state index contributed by atoms with van der Waals surface area (Å²) in [4.78, 5) is 25.4. The fraction of sp³-hybridized carbons (Fsp3) is 0.176. The van der Waals surface area contributed by atoms with Crippen molar-refractivity contribution < 1.29 is 18.7 Å². The zero-order chi connectivity index (χ0) is 16.4. The molecular formula is C17H15FN2O3. The number of para-hydroxylation sites is 1. The summed E-state index contributed by atoms with van der Waals surface area (Å²) < 4.78 is 18.8. The van der Waals surface area contributed by atoms with E-state index in [1.165, 1.54) is 12.1 Å². The molecule has 1 aliphatic rings. The Morgan fingerprint density at radius 3 is 2.87 bits per heavy atom. The van der Waals surface area contributed by atoms with E-state index in [1.54, 1.807) is 29.2 Å². The van der Waals surface area contributed by atoms with Gasteiger partial charge < -0.3 is 15.0 Å². The zero-order valence-electron chi connectivity index (χ0n) is 12.5. The molecule has 2 aromatic carbocycles. The van der Waals surface area contributed by atoms with E-state index in [-0.39, 0.29) is 18.8 Å². The van der Waals surface area contributed by atoms with E-state index in [0.717, 1.165) is 5.56 Å². The third-order valence-electron chi connectivity index (χ3n) is 3.48. The summed E-state index contributed by atoms with van der Waals surface area (Å²) in [6, 6.07) is 11.3. The molecule has 2 aromatic rings. The molecule has 0 bridgehead atoms. The van der Waals surface area contributed by atoms with E-state index >= 15 is 0 Å². The van der Waals surface area contributed by atoms with Crippen molar-refractivity contribution in [3.05, 3.63) is 53.8 Å². The van der Waals surface area contributed by atoms with Crippen molar-refractivity contribution >= 4 is 23.3 Å². The number of aryl methyl sites for hydroxylation is 1. The lowest BCUT2D eigenvalue weighted by Gasteiger charge is -2.29. The van der Waals surface area contributed by atoms with Crippen LogP contribution in [0, 0.1) is 12.7 Å². The van der Waals surface area contributed by atoms with Crippen LogP contribution in [0.3, 0.4) is 0 Å². The van der Waals surface area contributed by atoms with Gasteiger partial charge in [0.25, 0.3) is 0 Å². The highest BCUT2D eigenvalue weighted by Crippen LogP contribution is 2.32. The molecule has 0 radical (unpaired) electrons. The molecule has 1 heterocycles. The maximum absolute atomic E-state index is 13.6. The number of hydrogen-bond donors (Lipinski definition) is 1. The number of carbonyl (C=O) groups is 2. The van der Waals surface area contributed by atoms with Crippen molar-refractivity contribution in [2.75, 3.05) is 23.3 Å². The number of fused-ring (bicyclic) bond motifs is 1. The van der Waals surface area contributed by atoms with Gasteiger partial charge in [-0.15, -0.1) is 0 Å². The molecule has 118 valence electrons. The van der Waals surface area contributed by atoms with Gasteiger partial charge in [0.05, 0.1) is 17.9 Å². The van der Waals surface area contributed by atoms with Gasteiger partial charge in [0.1, 0.15) is 12.4 Å². The first kappa shape index (κ1) is 15.0. The van der Waals surface area contributed by atoms with Gasteiger partial charge in [-0.3, -0.25) is 4.79 Å². The minimum atomic E-state index is -0.505. The van der Waals surface area contributed by atoms with Crippen LogP contribution in [0.25, 0.3) is 0 Å². The maximum atomic E-state index is 13.6. The van der Waals surface area contributed by atoms with E-state index in [9.17, 15) is 14.0 Å². The lowest BCUT2D eigenvalue weighted by molar-refractivity contribution is -0.133. The predicted molar refractivity (Wildman–Crippen MR) is 84.1 cm³/mol. The monoisotopic (exact) mass is 314 g/mol. The summed E-state index contributed by atoms with van der Waals surface area (Å²) >= 11 is 0. The quantitative estimate of drug-likeness (QED) is 0.698. The summed E-state index contributed by atoms with van der Waals surface area (Å²) in [5.74, 6) is -0.909. The normalized spacial score (nSPS) is 13.3. The first-order chi connectivity index (χ1) is 11.0. The molecule has 23 heavy (non-hydrogen) atoms. The Kier molecular flexibility index (Phi) is 3.97. The van der Waals surface area contributed by atoms with Crippen molar-refractivity contribution in [3.63, 3.8) is 0 Å². The summed E-state index contributed by atoms with van der Waals surface area (Å²) in [6.07, 6.45) is 0. The number of anilines is 2. The van der Waals surface area contributed by atoms with Crippen LogP contribution in [0.4, 0.5) is 15.8 Å². The number of nitrogens with one attached hydrogen (secondary N) is 1. The highest BCUT2D eigenvalue weighted by Gasteiger charge is 2.25. The third kappa shape index (κ3) is 3.31. The molecule has 0 atom stereocenters. The van der Waals surface area contributed by atoms with Crippen molar-refractivity contribution in [1.82, 2.24) is 0 Å². The molecule has 6 heteroatoms. The number of ether oxygens (including phenoxy) is 1. The van der Waals surface area contributed by atoms with E-state index in [1.807, 2.05) is 13.0 Å². The van der Waals surface area contributed by atoms with Gasteiger partial charge in [0.2, 0.25) is 5.91 Å². The number of rotatable bonds is 3. The van der Waals surface area contributed by atoms with Gasteiger partial charge in [-0.05, 0) is 36.8 Å². The molecule has 0 aliphatic carbocycles. The topological polar surface area (TPSA) is 58.6 Å². The first-order valence-corrected chi connectivity index (χ1v) is 7.13. The molecule has 1 amide bonds. The van der Waals surface area contributed by atoms with Crippen LogP contribution in [0.1, 0.15) is 5.56 Å². The highest BCUT2D eigenvalue weighted by molar-refractivity contribution is 5.96. The third-order valence-corrected chi connectivity index (χ3v) is 3.48. The molecule has 1 aliphatic heterocycles. The van der Waals surface area contributed by atoms with Crippen LogP contribution in [-0.4, -0.2) is 25.0 Å². The number of amides is 1. The van der Waals surface area contributed by atoms with Crippen LogP contribution in [0.15, 0.2) is 42.5 Å². The average molecular weight is 314 g/mol. The van der Waals surface area contributed by atoms with E-state index in [2.05, 4.69) is 5.32 Å². The summed E-state index contributed by atoms with van der Waals surface area (Å²) in [5.41, 5.74) is 1.73. The fourth-order valence-corrected chi connectivity index (χ4v) is 2.43. The first-order valence-electron chi connectivity index (χ1n) is 7.13. The number of esters is 1. The Morgan fingerprint density at radius 1 is 1.30 bits per heavy atom. The van der Waals surface area contributed by atoms with Gasteiger partial charge in [0, 0.05) is 0 Å². The second kappa shape index (κ2) is 6.08. The second-order valence-corrected chi connectivity index (χ2v) is 5.33. The predicted octanol–water partition coefficient (Wildman–Crippen LogP) is 2.50. The largest absolute Gasteiger partial charge is 0.423 e. The maximum Gasteiger partial charge on any atom is 0.331 e. The average Bonchev–Trinajstić information content (AvgIpc) is 2.49. The van der Waals surface area contributed by atoms with Gasteiger partial charge >= 0.3 is 5.97 Å². The Morgan fingerprint density at radius 2 is 2.09 bits per heavy atom. The van der Waals surface area contributed by atoms with Gasteiger partial charge in [-0.25, -0.2) is 9.18 Å². The lowest BCUT2D eigenvalue weighted by Crippen LogP contribution is -2.41. The van der Waals surface area contributed by atoms with Crippen LogP contribution in [-0.2, 0) is 9.59 Å². The van der Waals surface area contributed by atoms with Gasteiger partial charge in [-0.1, -0.05) is 18.2 Å². The van der Waals surface area contributed by atoms with Crippen molar-refractivity contribution in [2.45, 2.75) is 6.92 Å². The molecule has 0 fully saturated rings. The van der Waals surface area contributed by atoms with Crippen LogP contribution < -0.4 is 15.0 Å². The highest BCUT2D eigenvalue weighted by atomic mass is 19.1. The Labute approximate surface area is 132 Å². The van der Waals surface area contributed by atoms with E-state index < -0.39 is 17.7 Å². The van der Waals surface area contributed by atoms with Crippen molar-refractivity contribution in [1.29, 1.82) is 0 Å². The number of nitrogens with zero attached hydrogens (tertiary/aromatic N) is 1. The number of benzene rings is 2. The fourth-order valence-electron chi connectivity index (χ4n) is 2.43. The SMILES string of the molecule is Cc1ccc2c(c1)OC(=O)CN2CC(=O)Nc1ccccc1F. The lowest BCUT2D eigenvalue weighted by atomic mass is 10.1. The molecule has 1 N–H and O–H groups in total. The van der Waals surface area contributed by atoms with E-state index in [0.29, 0.717) is 11.4 Å². The van der Waals surface area contributed by atoms with E-state index in [4.69, 9.17) is 4.74 Å². The Bertz CT molecular complexity index is 776. The number of hydrogen-bond acceptors (Lipinski definition) is 4. The summed E-state index contributed by atoms with van der Waals surface area (Å²) in [6.45, 7) is 1.79. The molecular weight excluding hydrogens is 299 g/mol. The number of halogens is 1. The molecule has 0 unspecified atom stereocenters. The second-order valence-electron chi connectivity index (χ2n) is 5.33. The van der Waals surface area contributed by atoms with Crippen LogP contribution in [0.2, 0.25) is 0 Å². The standard InChI is InChI=1S/C17H15FN2O3/c1-11-6-7-14-15(8-11)23-17(22)10-20(14)9-16(21)19-13-5-3-2-4-12(13)18/h2-8H,9-10H2,1H3,(H,19,21). The molecule has 0 aromatic heterocycles. The molecule has 0 saturated heterocycles. The van der Waals surface area contributed by atoms with Crippen molar-refractivity contribution in [3.8, 4) is 5.75 Å². The van der Waals surface area contributed by atoms with Crippen LogP contribution in [0.5, 0.6) is 5.75 Å². The molecule has 0 spiro atoms. The smallest absolute Gasteiger partial charge is 0.331 e. The van der Waals surface area contributed by atoms with Crippen molar-refractivity contribution in [2.24, 2.45) is 0 Å². The Hall–Kier alpha value is -2.89.